The second-order valence-electron chi connectivity index (χ2n) is 4.01. The molecule has 5 heteroatoms. The fourth-order valence-electron chi connectivity index (χ4n) is 0.762. The molecule has 1 N–H and O–H groups in total. The van der Waals surface area contributed by atoms with E-state index in [0.717, 1.165) is 0 Å². The quantitative estimate of drug-likeness (QED) is 0.790. The number of aromatic nitrogens is 1. The molecule has 0 aromatic carbocycles. The molecule has 0 radical (unpaired) electrons. The van der Waals surface area contributed by atoms with Gasteiger partial charge in [-0.1, -0.05) is 11.6 Å². The van der Waals surface area contributed by atoms with Gasteiger partial charge in [0.2, 0.25) is 0 Å². The number of carbonyl (C=O) groups excluding carboxylic acids is 1. The van der Waals surface area contributed by atoms with Crippen LogP contribution in [0.5, 0.6) is 0 Å². The third kappa shape index (κ3) is 4.27. The van der Waals surface area contributed by atoms with Crippen molar-refractivity contribution in [3.63, 3.8) is 0 Å². The number of rotatable bonds is 2. The first-order valence-corrected chi connectivity index (χ1v) is 4.86. The maximum atomic E-state index is 11.5. The number of amides is 1. The summed E-state index contributed by atoms with van der Waals surface area (Å²) in [5.41, 5.74) is 2.15. The standard InChI is InChI=1S/C10H13ClN2O2/c1-10(2,3)15-13-9(14)8-5-4-7(11)6-12-8/h4-6H,1-3H3,(H,13,14). The van der Waals surface area contributed by atoms with E-state index in [-0.39, 0.29) is 11.6 Å². The van der Waals surface area contributed by atoms with Crippen molar-refractivity contribution in [3.8, 4) is 0 Å². The van der Waals surface area contributed by atoms with Gasteiger partial charge in [-0.15, -0.1) is 0 Å². The van der Waals surface area contributed by atoms with Gasteiger partial charge in [0.05, 0.1) is 10.6 Å². The lowest BCUT2D eigenvalue weighted by molar-refractivity contribution is -0.0591. The molecule has 1 amide bonds. The number of nitrogens with one attached hydrogen (secondary N) is 1. The van der Waals surface area contributed by atoms with Crippen LogP contribution in [0.2, 0.25) is 5.02 Å². The van der Waals surface area contributed by atoms with Crippen molar-refractivity contribution in [1.29, 1.82) is 0 Å². The monoisotopic (exact) mass is 228 g/mol. The van der Waals surface area contributed by atoms with E-state index < -0.39 is 5.60 Å². The Hall–Kier alpha value is -1.13. The van der Waals surface area contributed by atoms with Crippen LogP contribution in [-0.2, 0) is 4.84 Å². The zero-order chi connectivity index (χ0) is 11.5. The van der Waals surface area contributed by atoms with Gasteiger partial charge in [-0.2, -0.15) is 0 Å². The highest BCUT2D eigenvalue weighted by molar-refractivity contribution is 6.30. The molecule has 0 aliphatic heterocycles. The Bertz CT molecular complexity index is 343. The van der Waals surface area contributed by atoms with Gasteiger partial charge in [-0.05, 0) is 32.9 Å². The van der Waals surface area contributed by atoms with Gasteiger partial charge in [0, 0.05) is 6.20 Å². The molecule has 1 heterocycles. The zero-order valence-corrected chi connectivity index (χ0v) is 9.63. The van der Waals surface area contributed by atoms with E-state index in [1.807, 2.05) is 20.8 Å². The van der Waals surface area contributed by atoms with E-state index in [2.05, 4.69) is 10.5 Å². The van der Waals surface area contributed by atoms with Crippen molar-refractivity contribution in [2.24, 2.45) is 0 Å². The third-order valence-corrected chi connectivity index (χ3v) is 1.63. The first kappa shape index (κ1) is 11.9. The molecular formula is C10H13ClN2O2. The summed E-state index contributed by atoms with van der Waals surface area (Å²) in [6, 6.07) is 3.13. The SMILES string of the molecule is CC(C)(C)ONC(=O)c1ccc(Cl)cn1. The molecule has 0 unspecified atom stereocenters. The first-order chi connectivity index (χ1) is 6.88. The minimum Gasteiger partial charge on any atom is -0.268 e. The van der Waals surface area contributed by atoms with Gasteiger partial charge in [0.25, 0.3) is 5.91 Å². The Kier molecular flexibility index (Phi) is 3.66. The molecule has 82 valence electrons. The van der Waals surface area contributed by atoms with Gasteiger partial charge >= 0.3 is 0 Å². The number of hydroxylamine groups is 1. The van der Waals surface area contributed by atoms with Gasteiger partial charge in [-0.3, -0.25) is 9.63 Å². The van der Waals surface area contributed by atoms with Crippen LogP contribution in [0, 0.1) is 0 Å². The summed E-state index contributed by atoms with van der Waals surface area (Å²) in [7, 11) is 0. The summed E-state index contributed by atoms with van der Waals surface area (Å²) in [6.45, 7) is 5.51. The number of hydrogen-bond donors (Lipinski definition) is 1. The molecule has 0 saturated heterocycles. The van der Waals surface area contributed by atoms with Gasteiger partial charge in [0.1, 0.15) is 5.69 Å². The lowest BCUT2D eigenvalue weighted by atomic mass is 10.2. The highest BCUT2D eigenvalue weighted by Gasteiger charge is 2.14. The minimum atomic E-state index is -0.428. The van der Waals surface area contributed by atoms with Crippen LogP contribution in [0.1, 0.15) is 31.3 Å². The molecule has 1 aromatic heterocycles. The van der Waals surface area contributed by atoms with E-state index >= 15 is 0 Å². The maximum Gasteiger partial charge on any atom is 0.293 e. The van der Waals surface area contributed by atoms with Crippen molar-refractivity contribution >= 4 is 17.5 Å². The molecule has 1 aromatic rings. The molecule has 0 spiro atoms. The number of pyridine rings is 1. The summed E-state index contributed by atoms with van der Waals surface area (Å²) >= 11 is 5.64. The van der Waals surface area contributed by atoms with Crippen LogP contribution in [-0.4, -0.2) is 16.5 Å². The van der Waals surface area contributed by atoms with Crippen LogP contribution < -0.4 is 5.48 Å². The van der Waals surface area contributed by atoms with Crippen molar-refractivity contribution in [1.82, 2.24) is 10.5 Å². The summed E-state index contributed by atoms with van der Waals surface area (Å²) in [5, 5.41) is 0.489. The van der Waals surface area contributed by atoms with Gasteiger partial charge in [0.15, 0.2) is 0 Å². The van der Waals surface area contributed by atoms with Crippen molar-refractivity contribution in [2.75, 3.05) is 0 Å². The fraction of sp³-hybridized carbons (Fsp3) is 0.400. The molecule has 1 rings (SSSR count). The Balaban J connectivity index is 2.58. The maximum absolute atomic E-state index is 11.5. The topological polar surface area (TPSA) is 51.2 Å². The zero-order valence-electron chi connectivity index (χ0n) is 8.87. The van der Waals surface area contributed by atoms with E-state index in [9.17, 15) is 4.79 Å². The number of nitrogens with zero attached hydrogens (tertiary/aromatic N) is 1. The minimum absolute atomic E-state index is 0.267. The number of halogens is 1. The Morgan fingerprint density at radius 2 is 2.13 bits per heavy atom. The second kappa shape index (κ2) is 4.59. The van der Waals surface area contributed by atoms with E-state index in [4.69, 9.17) is 16.4 Å². The Labute approximate surface area is 93.6 Å². The predicted octanol–water partition coefficient (Wildman–Crippen LogP) is 2.19. The van der Waals surface area contributed by atoms with E-state index in [1.54, 1.807) is 6.07 Å². The lowest BCUT2D eigenvalue weighted by Gasteiger charge is -2.18. The molecule has 0 atom stereocenters. The summed E-state index contributed by atoms with van der Waals surface area (Å²) in [5.74, 6) is -0.387. The van der Waals surface area contributed by atoms with Gasteiger partial charge < -0.3 is 0 Å². The van der Waals surface area contributed by atoms with Crippen LogP contribution in [0.15, 0.2) is 18.3 Å². The van der Waals surface area contributed by atoms with Crippen LogP contribution in [0.4, 0.5) is 0 Å². The van der Waals surface area contributed by atoms with Crippen LogP contribution in [0.25, 0.3) is 0 Å². The van der Waals surface area contributed by atoms with Crippen LogP contribution >= 0.6 is 11.6 Å². The summed E-state index contributed by atoms with van der Waals surface area (Å²) < 4.78 is 0. The van der Waals surface area contributed by atoms with Crippen molar-refractivity contribution in [3.05, 3.63) is 29.0 Å². The molecule has 4 nitrogen and oxygen atoms in total. The molecule has 0 saturated carbocycles. The molecule has 0 aliphatic carbocycles. The van der Waals surface area contributed by atoms with Gasteiger partial charge in [-0.25, -0.2) is 10.5 Å². The van der Waals surface area contributed by atoms with Crippen molar-refractivity contribution < 1.29 is 9.63 Å². The second-order valence-corrected chi connectivity index (χ2v) is 4.44. The highest BCUT2D eigenvalue weighted by atomic mass is 35.5. The van der Waals surface area contributed by atoms with E-state index in [1.165, 1.54) is 12.3 Å². The van der Waals surface area contributed by atoms with Crippen LogP contribution in [0.3, 0.4) is 0 Å². The fourth-order valence-corrected chi connectivity index (χ4v) is 0.874. The smallest absolute Gasteiger partial charge is 0.268 e. The third-order valence-electron chi connectivity index (χ3n) is 1.41. The molecule has 0 bridgehead atoms. The molecular weight excluding hydrogens is 216 g/mol. The Morgan fingerprint density at radius 3 is 2.60 bits per heavy atom. The summed E-state index contributed by atoms with van der Waals surface area (Å²) in [4.78, 5) is 20.4. The number of carbonyl (C=O) groups is 1. The largest absolute Gasteiger partial charge is 0.293 e. The lowest BCUT2D eigenvalue weighted by Crippen LogP contribution is -2.33. The van der Waals surface area contributed by atoms with Crippen molar-refractivity contribution in [2.45, 2.75) is 26.4 Å². The first-order valence-electron chi connectivity index (χ1n) is 4.48. The predicted molar refractivity (Wildman–Crippen MR) is 57.6 cm³/mol. The average molecular weight is 229 g/mol. The number of hydrogen-bond acceptors (Lipinski definition) is 3. The van der Waals surface area contributed by atoms with E-state index in [0.29, 0.717) is 5.02 Å². The molecule has 0 aliphatic rings. The normalized spacial score (nSPS) is 11.2. The molecule has 0 fully saturated rings. The Morgan fingerprint density at radius 1 is 1.47 bits per heavy atom. The highest BCUT2D eigenvalue weighted by Crippen LogP contribution is 2.07. The molecule has 15 heavy (non-hydrogen) atoms. The average Bonchev–Trinajstić information content (AvgIpc) is 2.14. The summed E-state index contributed by atoms with van der Waals surface area (Å²) in [6.07, 6.45) is 1.41.